The maximum absolute atomic E-state index is 11.2. The monoisotopic (exact) mass is 366 g/mol. The van der Waals surface area contributed by atoms with Crippen molar-refractivity contribution in [3.8, 4) is 0 Å². The Morgan fingerprint density at radius 2 is 1.70 bits per heavy atom. The van der Waals surface area contributed by atoms with Crippen LogP contribution in [0.5, 0.6) is 0 Å². The lowest BCUT2D eigenvalue weighted by Gasteiger charge is -2.17. The average molecular weight is 366 g/mol. The predicted molar refractivity (Wildman–Crippen MR) is 104 cm³/mol. The molecule has 0 radical (unpaired) electrons. The fourth-order valence-corrected chi connectivity index (χ4v) is 2.95. The summed E-state index contributed by atoms with van der Waals surface area (Å²) in [5, 5.41) is 26.4. The van der Waals surface area contributed by atoms with Crippen molar-refractivity contribution in [1.82, 2.24) is 0 Å². The maximum Gasteiger partial charge on any atom is 0.301 e. The van der Waals surface area contributed by atoms with Crippen LogP contribution < -0.4 is 5.43 Å². The van der Waals surface area contributed by atoms with Crippen LogP contribution in [0.4, 0.5) is 17.1 Å². The average Bonchev–Trinajstić information content (AvgIpc) is 2.68. The molecule has 0 aromatic heterocycles. The van der Waals surface area contributed by atoms with Gasteiger partial charge >= 0.3 is 5.69 Å². The van der Waals surface area contributed by atoms with E-state index < -0.39 is 9.85 Å². The second kappa shape index (κ2) is 8.22. The Morgan fingerprint density at radius 1 is 0.963 bits per heavy atom. The van der Waals surface area contributed by atoms with Gasteiger partial charge in [-0.25, -0.2) is 0 Å². The minimum absolute atomic E-state index is 0.128. The van der Waals surface area contributed by atoms with Gasteiger partial charge in [0.25, 0.3) is 5.69 Å². The standard InChI is InChI=1S/C19H18N4O4/c24-22(25)16-10-11-18(19(13-16)23(26)27)21-20-17-9-5-4-8-15(17)12-14-6-2-1-3-7-14/h1-3,6-7,10-13,21H,4-5,8-9H2. The summed E-state index contributed by atoms with van der Waals surface area (Å²) in [7, 11) is 0. The molecule has 2 aromatic carbocycles. The van der Waals surface area contributed by atoms with E-state index in [2.05, 4.69) is 16.6 Å². The molecule has 0 heterocycles. The molecule has 0 unspecified atom stereocenters. The molecule has 1 fully saturated rings. The number of rotatable bonds is 5. The third-order valence-electron chi connectivity index (χ3n) is 4.32. The molecule has 138 valence electrons. The van der Waals surface area contributed by atoms with Crippen molar-refractivity contribution in [3.63, 3.8) is 0 Å². The Kier molecular flexibility index (Phi) is 5.55. The van der Waals surface area contributed by atoms with Gasteiger partial charge in [-0.05, 0) is 49.0 Å². The normalized spacial score (nSPS) is 17.0. The van der Waals surface area contributed by atoms with Gasteiger partial charge in [-0.1, -0.05) is 30.3 Å². The Bertz CT molecular complexity index is 923. The summed E-state index contributed by atoms with van der Waals surface area (Å²) in [5.74, 6) is 0. The molecule has 27 heavy (non-hydrogen) atoms. The Hall–Kier alpha value is -3.55. The van der Waals surface area contributed by atoms with Gasteiger partial charge in [0.15, 0.2) is 0 Å². The van der Waals surface area contributed by atoms with E-state index in [1.54, 1.807) is 0 Å². The second-order valence-corrected chi connectivity index (χ2v) is 6.17. The SMILES string of the molecule is O=[N+]([O-])c1ccc(NN=C2CCCCC2=Cc2ccccc2)c([N+](=O)[O-])c1. The van der Waals surface area contributed by atoms with Gasteiger partial charge in [-0.15, -0.1) is 0 Å². The largest absolute Gasteiger partial charge is 0.301 e. The van der Waals surface area contributed by atoms with Gasteiger partial charge in [-0.2, -0.15) is 5.10 Å². The Morgan fingerprint density at radius 3 is 2.41 bits per heavy atom. The Labute approximate surface area is 155 Å². The van der Waals surface area contributed by atoms with Crippen LogP contribution in [-0.2, 0) is 0 Å². The van der Waals surface area contributed by atoms with E-state index in [1.807, 2.05) is 30.3 Å². The summed E-state index contributed by atoms with van der Waals surface area (Å²) in [6.07, 6.45) is 5.79. The first kappa shape index (κ1) is 18.2. The third kappa shape index (κ3) is 4.55. The van der Waals surface area contributed by atoms with Crippen molar-refractivity contribution >= 4 is 28.8 Å². The zero-order valence-electron chi connectivity index (χ0n) is 14.5. The smallest absolute Gasteiger partial charge is 0.271 e. The van der Waals surface area contributed by atoms with Crippen LogP contribution in [0, 0.1) is 20.2 Å². The number of anilines is 1. The molecular formula is C19H18N4O4. The molecule has 1 saturated carbocycles. The quantitative estimate of drug-likeness (QED) is 0.596. The first-order valence-electron chi connectivity index (χ1n) is 8.56. The van der Waals surface area contributed by atoms with Crippen molar-refractivity contribution in [2.45, 2.75) is 25.7 Å². The fourth-order valence-electron chi connectivity index (χ4n) is 2.95. The Balaban J connectivity index is 1.88. The van der Waals surface area contributed by atoms with Crippen molar-refractivity contribution in [2.24, 2.45) is 5.10 Å². The van der Waals surface area contributed by atoms with Crippen molar-refractivity contribution in [2.75, 3.05) is 5.43 Å². The van der Waals surface area contributed by atoms with E-state index in [1.165, 1.54) is 12.1 Å². The highest BCUT2D eigenvalue weighted by Crippen LogP contribution is 2.30. The summed E-state index contributed by atoms with van der Waals surface area (Å²) in [5.41, 5.74) is 5.15. The van der Waals surface area contributed by atoms with Crippen LogP contribution in [-0.4, -0.2) is 15.6 Å². The first-order valence-corrected chi connectivity index (χ1v) is 8.56. The third-order valence-corrected chi connectivity index (χ3v) is 4.32. The molecule has 1 aliphatic rings. The summed E-state index contributed by atoms with van der Waals surface area (Å²) in [4.78, 5) is 20.8. The van der Waals surface area contributed by atoms with Crippen molar-refractivity contribution < 1.29 is 9.85 Å². The van der Waals surface area contributed by atoms with Crippen LogP contribution in [0.1, 0.15) is 31.2 Å². The fraction of sp³-hybridized carbons (Fsp3) is 0.211. The van der Waals surface area contributed by atoms with E-state index in [0.717, 1.165) is 48.6 Å². The van der Waals surface area contributed by atoms with Crippen LogP contribution in [0.15, 0.2) is 59.2 Å². The van der Waals surface area contributed by atoms with E-state index in [-0.39, 0.29) is 17.1 Å². The van der Waals surface area contributed by atoms with Gasteiger partial charge in [0.2, 0.25) is 0 Å². The van der Waals surface area contributed by atoms with Crippen LogP contribution >= 0.6 is 0 Å². The molecule has 0 saturated heterocycles. The molecule has 0 atom stereocenters. The lowest BCUT2D eigenvalue weighted by atomic mass is 9.91. The topological polar surface area (TPSA) is 111 Å². The van der Waals surface area contributed by atoms with Gasteiger partial charge in [0, 0.05) is 6.07 Å². The summed E-state index contributed by atoms with van der Waals surface area (Å²) in [6, 6.07) is 13.4. The summed E-state index contributed by atoms with van der Waals surface area (Å²) >= 11 is 0. The predicted octanol–water partition coefficient (Wildman–Crippen LogP) is 4.93. The molecule has 1 N–H and O–H groups in total. The number of hydrogen-bond donors (Lipinski definition) is 1. The number of non-ortho nitro benzene ring substituents is 1. The van der Waals surface area contributed by atoms with Gasteiger partial charge in [0.05, 0.1) is 21.6 Å². The van der Waals surface area contributed by atoms with E-state index in [0.29, 0.717) is 0 Å². The van der Waals surface area contributed by atoms with Gasteiger partial charge in [0.1, 0.15) is 5.69 Å². The summed E-state index contributed by atoms with van der Waals surface area (Å²) in [6.45, 7) is 0. The highest BCUT2D eigenvalue weighted by atomic mass is 16.6. The highest BCUT2D eigenvalue weighted by molar-refractivity contribution is 6.04. The number of benzene rings is 2. The number of nitrogens with zero attached hydrogens (tertiary/aromatic N) is 3. The van der Waals surface area contributed by atoms with Gasteiger partial charge in [-0.3, -0.25) is 25.7 Å². The molecule has 8 heteroatoms. The molecule has 3 rings (SSSR count). The number of hydrogen-bond acceptors (Lipinski definition) is 6. The molecular weight excluding hydrogens is 348 g/mol. The van der Waals surface area contributed by atoms with E-state index in [9.17, 15) is 20.2 Å². The minimum Gasteiger partial charge on any atom is -0.271 e. The lowest BCUT2D eigenvalue weighted by molar-refractivity contribution is -0.393. The number of hydrazone groups is 1. The van der Waals surface area contributed by atoms with Crippen LogP contribution in [0.3, 0.4) is 0 Å². The molecule has 8 nitrogen and oxygen atoms in total. The van der Waals surface area contributed by atoms with Gasteiger partial charge < -0.3 is 0 Å². The lowest BCUT2D eigenvalue weighted by Crippen LogP contribution is -2.11. The second-order valence-electron chi connectivity index (χ2n) is 6.17. The van der Waals surface area contributed by atoms with Crippen LogP contribution in [0.25, 0.3) is 6.08 Å². The zero-order valence-corrected chi connectivity index (χ0v) is 14.5. The maximum atomic E-state index is 11.2. The molecule has 0 spiro atoms. The molecule has 0 aliphatic heterocycles. The number of nitro groups is 2. The zero-order chi connectivity index (χ0) is 19.2. The first-order chi connectivity index (χ1) is 13.0. The molecule has 2 aromatic rings. The minimum atomic E-state index is -0.662. The summed E-state index contributed by atoms with van der Waals surface area (Å²) < 4.78 is 0. The number of nitrogens with one attached hydrogen (secondary N) is 1. The van der Waals surface area contributed by atoms with Crippen LogP contribution in [0.2, 0.25) is 0 Å². The van der Waals surface area contributed by atoms with Crippen molar-refractivity contribution in [3.05, 3.63) is 79.9 Å². The van der Waals surface area contributed by atoms with E-state index >= 15 is 0 Å². The molecule has 0 bridgehead atoms. The number of nitro benzene ring substituents is 2. The molecule has 0 amide bonds. The highest BCUT2D eigenvalue weighted by Gasteiger charge is 2.20. The molecule has 1 aliphatic carbocycles. The number of allylic oxidation sites excluding steroid dienone is 1. The van der Waals surface area contributed by atoms with E-state index in [4.69, 9.17) is 0 Å². The van der Waals surface area contributed by atoms with Crippen molar-refractivity contribution in [1.29, 1.82) is 0 Å².